The molecule has 0 saturated carbocycles. The monoisotopic (exact) mass is 1130 g/mol. The second kappa shape index (κ2) is 24.9. The van der Waals surface area contributed by atoms with Crippen LogP contribution in [0.1, 0.15) is 114 Å². The average molecular weight is 1130 g/mol. The summed E-state index contributed by atoms with van der Waals surface area (Å²) in [5.41, 5.74) is 13.5. The zero-order valence-corrected chi connectivity index (χ0v) is 48.6. The molecular weight excluding hydrogens is 1050 g/mol. The lowest BCUT2D eigenvalue weighted by molar-refractivity contribution is -0.141. The lowest BCUT2D eigenvalue weighted by Gasteiger charge is -2.39. The number of likely N-dealkylation sites (tertiary alicyclic amines) is 1. The number of hydrogen-bond acceptors (Lipinski definition) is 13. The van der Waals surface area contributed by atoms with Gasteiger partial charge in [-0.15, -0.1) is 0 Å². The second-order valence-corrected chi connectivity index (χ2v) is 25.0. The third-order valence-corrected chi connectivity index (χ3v) is 15.5. The van der Waals surface area contributed by atoms with Crippen molar-refractivity contribution in [1.82, 2.24) is 30.9 Å². The number of amides is 5. The highest BCUT2D eigenvalue weighted by Gasteiger charge is 2.42. The van der Waals surface area contributed by atoms with Gasteiger partial charge in [0.25, 0.3) is 10.0 Å². The van der Waals surface area contributed by atoms with Crippen molar-refractivity contribution in [2.45, 2.75) is 166 Å². The number of aliphatic carboxylic acids is 1. The number of rotatable bonds is 20. The molecule has 2 aliphatic rings. The number of carbonyl (C=O) groups is 6. The molecule has 10 N–H and O–H groups in total. The quantitative estimate of drug-likeness (QED) is 0.0332. The average Bonchev–Trinajstić information content (AvgIpc) is 3.97. The van der Waals surface area contributed by atoms with E-state index < -0.39 is 98.7 Å². The summed E-state index contributed by atoms with van der Waals surface area (Å²) >= 11 is 0. The van der Waals surface area contributed by atoms with Gasteiger partial charge in [0.15, 0.2) is 0 Å². The highest BCUT2D eigenvalue weighted by atomic mass is 32.2. The first-order valence-corrected chi connectivity index (χ1v) is 28.3. The molecule has 2 aliphatic heterocycles. The van der Waals surface area contributed by atoms with Gasteiger partial charge < -0.3 is 57.0 Å². The number of fused-ring (bicyclic) bond motifs is 2. The van der Waals surface area contributed by atoms with Crippen molar-refractivity contribution in [3.63, 3.8) is 0 Å². The number of carboxylic acid groups (broad SMARTS) is 1. The molecule has 21 nitrogen and oxygen atoms in total. The van der Waals surface area contributed by atoms with Crippen LogP contribution >= 0.6 is 0 Å². The standard InChI is InChI=1S/C58H79N9O12S/c1-34-35(2)48(36(3)42-32-57(10,11)78-47(34)42)80(75,76)66-53(59)61-26-14-17-43(65-52(73)58(60)24-27-67(28-25-58)54(74)79-56(7,8)9)50(70)64-44(31-38-18-21-39-15-12-13-16-40(39)29-38)49(69)62-33-46(68)63-45(51(71)72)30-37-19-22-41(23-20-37)77-55(4,5)6/h12-13,15-16,18-23,29,43-45H,14,17,24-28,30-33,60H2,1-11H3,(H,62,69)(H,63,68)(H,64,70)(H,65,73)(H,71,72)(H3,59,61,66)/t43-,44-,45+/m0/s1. The minimum atomic E-state index is -4.24. The molecule has 4 aromatic carbocycles. The van der Waals surface area contributed by atoms with Crippen molar-refractivity contribution in [1.29, 1.82) is 0 Å². The SMILES string of the molecule is Cc1c(C)c(S(=O)(=O)NC(N)=NCCC[C@H](NC(=O)C2(N)CCN(C(=O)OC(C)(C)C)CC2)C(=O)N[C@@H](Cc2ccc3ccccc3c2)C(=O)NCC(=O)N[C@H](Cc2ccc(OC(C)(C)C)cc2)C(=O)O)c(C)c2c1OC(C)(C)C2. The summed E-state index contributed by atoms with van der Waals surface area (Å²) in [5.74, 6) is -3.55. The number of aliphatic imine (C=N–C) groups is 1. The van der Waals surface area contributed by atoms with Gasteiger partial charge in [-0.25, -0.2) is 22.7 Å². The molecule has 1 saturated heterocycles. The minimum absolute atomic E-state index is 0.0251. The van der Waals surface area contributed by atoms with Gasteiger partial charge in [-0.3, -0.25) is 24.2 Å². The highest BCUT2D eigenvalue weighted by molar-refractivity contribution is 7.90. The Labute approximate surface area is 468 Å². The van der Waals surface area contributed by atoms with Gasteiger partial charge in [-0.1, -0.05) is 54.6 Å². The molecule has 2 heterocycles. The number of guanidine groups is 1. The maximum atomic E-state index is 14.6. The first-order chi connectivity index (χ1) is 37.2. The van der Waals surface area contributed by atoms with E-state index in [4.69, 9.17) is 25.7 Å². The summed E-state index contributed by atoms with van der Waals surface area (Å²) in [6.45, 7) is 19.4. The molecule has 0 spiro atoms. The Balaban J connectivity index is 1.20. The molecule has 0 radical (unpaired) electrons. The van der Waals surface area contributed by atoms with Gasteiger partial charge in [-0.2, -0.15) is 0 Å². The van der Waals surface area contributed by atoms with E-state index in [2.05, 4.69) is 31.0 Å². The van der Waals surface area contributed by atoms with Crippen molar-refractivity contribution in [2.24, 2.45) is 16.5 Å². The summed E-state index contributed by atoms with van der Waals surface area (Å²) in [7, 11) is -4.24. The summed E-state index contributed by atoms with van der Waals surface area (Å²) < 4.78 is 47.8. The Kier molecular flexibility index (Phi) is 19.2. The number of carboxylic acids is 1. The van der Waals surface area contributed by atoms with Crippen LogP contribution in [0.3, 0.4) is 0 Å². The van der Waals surface area contributed by atoms with Crippen molar-refractivity contribution in [3.05, 3.63) is 100 Å². The Bertz CT molecular complexity index is 3120. The fourth-order valence-corrected chi connectivity index (χ4v) is 11.2. The molecule has 1 fully saturated rings. The zero-order valence-electron chi connectivity index (χ0n) is 47.8. The normalized spacial score (nSPS) is 16.2. The Hall–Kier alpha value is -7.46. The van der Waals surface area contributed by atoms with Gasteiger partial charge >= 0.3 is 12.1 Å². The first kappa shape index (κ1) is 61.7. The minimum Gasteiger partial charge on any atom is -0.488 e. The maximum Gasteiger partial charge on any atom is 0.410 e. The van der Waals surface area contributed by atoms with Crippen LogP contribution in [0.4, 0.5) is 4.79 Å². The highest BCUT2D eigenvalue weighted by Crippen LogP contribution is 2.43. The fraction of sp³-hybridized carbons (Fsp3) is 0.500. The van der Waals surface area contributed by atoms with Crippen LogP contribution in [0.2, 0.25) is 0 Å². The molecule has 6 rings (SSSR count). The lowest BCUT2D eigenvalue weighted by Crippen LogP contribution is -2.63. The van der Waals surface area contributed by atoms with Crippen LogP contribution < -0.4 is 46.9 Å². The second-order valence-electron chi connectivity index (χ2n) is 23.4. The number of nitrogens with one attached hydrogen (secondary N) is 5. The van der Waals surface area contributed by atoms with E-state index in [0.29, 0.717) is 45.7 Å². The van der Waals surface area contributed by atoms with Crippen molar-refractivity contribution < 1.29 is 56.5 Å². The topological polar surface area (TPSA) is 312 Å². The summed E-state index contributed by atoms with van der Waals surface area (Å²) in [4.78, 5) is 87.5. The molecular formula is C58H79N9O12S. The van der Waals surface area contributed by atoms with Crippen LogP contribution in [0.25, 0.3) is 10.8 Å². The number of nitrogens with zero attached hydrogens (tertiary/aromatic N) is 2. The number of hydrogen-bond donors (Lipinski definition) is 8. The van der Waals surface area contributed by atoms with Crippen molar-refractivity contribution in [2.75, 3.05) is 26.2 Å². The first-order valence-electron chi connectivity index (χ1n) is 26.8. The van der Waals surface area contributed by atoms with Gasteiger partial charge in [-0.05, 0) is 153 Å². The predicted molar refractivity (Wildman–Crippen MR) is 304 cm³/mol. The number of benzene rings is 4. The predicted octanol–water partition coefficient (Wildman–Crippen LogP) is 4.90. The fourth-order valence-electron chi connectivity index (χ4n) is 9.68. The third kappa shape index (κ3) is 16.6. The van der Waals surface area contributed by atoms with E-state index in [1.165, 1.54) is 4.90 Å². The molecule has 0 unspecified atom stereocenters. The van der Waals surface area contributed by atoms with Crippen LogP contribution in [0.5, 0.6) is 11.5 Å². The van der Waals surface area contributed by atoms with Crippen LogP contribution in [-0.4, -0.2) is 127 Å². The molecule has 0 aliphatic carbocycles. The van der Waals surface area contributed by atoms with Gasteiger partial charge in [0.2, 0.25) is 29.6 Å². The zero-order chi connectivity index (χ0) is 59.1. The van der Waals surface area contributed by atoms with E-state index in [1.54, 1.807) is 71.9 Å². The van der Waals surface area contributed by atoms with Crippen molar-refractivity contribution in [3.8, 4) is 11.5 Å². The molecule has 22 heteroatoms. The maximum absolute atomic E-state index is 14.6. The molecule has 434 valence electrons. The van der Waals surface area contributed by atoms with E-state index in [0.717, 1.165) is 16.3 Å². The van der Waals surface area contributed by atoms with Crippen LogP contribution in [0.15, 0.2) is 76.6 Å². The molecule has 80 heavy (non-hydrogen) atoms. The third-order valence-electron chi connectivity index (χ3n) is 13.8. The summed E-state index contributed by atoms with van der Waals surface area (Å²) in [5, 5.41) is 22.4. The molecule has 5 amide bonds. The van der Waals surface area contributed by atoms with E-state index in [1.807, 2.05) is 71.0 Å². The van der Waals surface area contributed by atoms with Crippen LogP contribution in [0, 0.1) is 20.8 Å². The largest absolute Gasteiger partial charge is 0.488 e. The number of sulfonamides is 1. The Morgan fingerprint density at radius 2 is 1.41 bits per heavy atom. The smallest absolute Gasteiger partial charge is 0.410 e. The number of ether oxygens (including phenoxy) is 3. The summed E-state index contributed by atoms with van der Waals surface area (Å²) in [6, 6.07) is 15.8. The molecule has 0 aromatic heterocycles. The Morgan fingerprint density at radius 1 is 0.787 bits per heavy atom. The Morgan fingerprint density at radius 3 is 2.04 bits per heavy atom. The van der Waals surface area contributed by atoms with E-state index in [-0.39, 0.29) is 63.1 Å². The number of carbonyl (C=O) groups excluding carboxylic acids is 5. The van der Waals surface area contributed by atoms with Gasteiger partial charge in [0.1, 0.15) is 46.4 Å². The number of piperidine rings is 1. The van der Waals surface area contributed by atoms with Gasteiger partial charge in [0, 0.05) is 44.5 Å². The number of nitrogens with two attached hydrogens (primary N) is 2. The molecule has 0 bridgehead atoms. The van der Waals surface area contributed by atoms with E-state index >= 15 is 0 Å². The van der Waals surface area contributed by atoms with Gasteiger partial charge in [0.05, 0.1) is 17.0 Å². The molecule has 3 atom stereocenters. The van der Waals surface area contributed by atoms with E-state index in [9.17, 15) is 42.3 Å². The molecule has 4 aromatic rings. The summed E-state index contributed by atoms with van der Waals surface area (Å²) in [6.07, 6.45) is -0.184. The lowest BCUT2D eigenvalue weighted by atomic mass is 9.87. The van der Waals surface area contributed by atoms with Crippen molar-refractivity contribution >= 4 is 62.4 Å². The van der Waals surface area contributed by atoms with Crippen LogP contribution in [-0.2, 0) is 58.0 Å².